The van der Waals surface area contributed by atoms with Gasteiger partial charge < -0.3 is 0 Å². The molecule has 0 aliphatic carbocycles. The van der Waals surface area contributed by atoms with E-state index in [2.05, 4.69) is 15.0 Å². The minimum absolute atomic E-state index is 0.212. The van der Waals surface area contributed by atoms with E-state index in [4.69, 9.17) is 0 Å². The van der Waals surface area contributed by atoms with Crippen molar-refractivity contribution in [3.8, 4) is 5.69 Å². The maximum atomic E-state index is 13.4. The van der Waals surface area contributed by atoms with Crippen molar-refractivity contribution in [2.45, 2.75) is 33.0 Å². The maximum Gasteiger partial charge on any atom is 0.416 e. The highest BCUT2D eigenvalue weighted by Crippen LogP contribution is 2.33. The Balaban J connectivity index is 1.97. The predicted molar refractivity (Wildman–Crippen MR) is 116 cm³/mol. The van der Waals surface area contributed by atoms with Crippen LogP contribution in [0.25, 0.3) is 38.9 Å². The van der Waals surface area contributed by atoms with E-state index in [9.17, 15) is 18.0 Å². The van der Waals surface area contributed by atoms with Crippen LogP contribution in [0.15, 0.2) is 53.3 Å². The first-order chi connectivity index (χ1) is 15.3. The van der Waals surface area contributed by atoms with Crippen molar-refractivity contribution >= 4 is 33.2 Å². The number of fused-ring (bicyclic) bond motifs is 4. The molecule has 0 aliphatic rings. The first-order valence-electron chi connectivity index (χ1n) is 10.2. The van der Waals surface area contributed by atoms with Gasteiger partial charge in [-0.15, -0.1) is 0 Å². The van der Waals surface area contributed by atoms with E-state index in [1.165, 1.54) is 10.6 Å². The molecule has 0 unspecified atom stereocenters. The summed E-state index contributed by atoms with van der Waals surface area (Å²) in [6.45, 7) is 4.14. The lowest BCUT2D eigenvalue weighted by Gasteiger charge is -2.12. The van der Waals surface area contributed by atoms with E-state index in [0.29, 0.717) is 28.9 Å². The van der Waals surface area contributed by atoms with Crippen molar-refractivity contribution in [2.75, 3.05) is 0 Å². The molecule has 0 spiro atoms. The molecule has 3 aromatic heterocycles. The summed E-state index contributed by atoms with van der Waals surface area (Å²) < 4.78 is 43.3. The summed E-state index contributed by atoms with van der Waals surface area (Å²) in [6.07, 6.45) is -3.78. The van der Waals surface area contributed by atoms with Gasteiger partial charge in [0.2, 0.25) is 0 Å². The number of para-hydroxylation sites is 2. The van der Waals surface area contributed by atoms with E-state index in [-0.39, 0.29) is 27.9 Å². The molecule has 0 amide bonds. The van der Waals surface area contributed by atoms with Gasteiger partial charge in [-0.25, -0.2) is 15.0 Å². The van der Waals surface area contributed by atoms with Crippen LogP contribution in [-0.2, 0) is 12.7 Å². The average molecular weight is 437 g/mol. The summed E-state index contributed by atoms with van der Waals surface area (Å²) in [7, 11) is 0. The maximum absolute atomic E-state index is 13.4. The van der Waals surface area contributed by atoms with E-state index < -0.39 is 11.7 Å². The molecule has 3 heterocycles. The largest absolute Gasteiger partial charge is 0.416 e. The monoisotopic (exact) mass is 437 g/mol. The number of hydrogen-bond acceptors (Lipinski definition) is 4. The summed E-state index contributed by atoms with van der Waals surface area (Å²) in [5, 5.41) is 0.245. The number of halogens is 3. The zero-order valence-electron chi connectivity index (χ0n) is 17.3. The second kappa shape index (κ2) is 7.15. The minimum Gasteiger partial charge on any atom is -0.296 e. The summed E-state index contributed by atoms with van der Waals surface area (Å²) in [6, 6.07) is 12.1. The molecule has 5 rings (SSSR count). The van der Waals surface area contributed by atoms with Gasteiger partial charge in [-0.1, -0.05) is 25.1 Å². The zero-order valence-corrected chi connectivity index (χ0v) is 17.3. The molecule has 0 radical (unpaired) electrons. The number of rotatable bonds is 3. The third-order valence-corrected chi connectivity index (χ3v) is 5.43. The van der Waals surface area contributed by atoms with Crippen LogP contribution in [0.1, 0.15) is 24.7 Å². The predicted octanol–water partition coefficient (Wildman–Crippen LogP) is 5.02. The molecular formula is C23H18F3N5O. The zero-order chi connectivity index (χ0) is 22.6. The van der Waals surface area contributed by atoms with Crippen molar-refractivity contribution in [1.82, 2.24) is 24.1 Å². The van der Waals surface area contributed by atoms with Crippen molar-refractivity contribution in [2.24, 2.45) is 0 Å². The number of hydrogen-bond donors (Lipinski definition) is 0. The van der Waals surface area contributed by atoms with Gasteiger partial charge in [0.25, 0.3) is 5.56 Å². The quantitative estimate of drug-likeness (QED) is 0.398. The lowest BCUT2D eigenvalue weighted by Crippen LogP contribution is -2.24. The molecule has 2 aromatic carbocycles. The fraction of sp³-hybridized carbons (Fsp3) is 0.217. The highest BCUT2D eigenvalue weighted by Gasteiger charge is 2.31. The summed E-state index contributed by atoms with van der Waals surface area (Å²) >= 11 is 0. The number of alkyl halides is 3. The van der Waals surface area contributed by atoms with Crippen LogP contribution in [0.2, 0.25) is 0 Å². The Morgan fingerprint density at radius 1 is 0.938 bits per heavy atom. The highest BCUT2D eigenvalue weighted by molar-refractivity contribution is 6.05. The van der Waals surface area contributed by atoms with Crippen LogP contribution in [0.5, 0.6) is 0 Å². The number of benzene rings is 2. The van der Waals surface area contributed by atoms with Crippen molar-refractivity contribution in [3.63, 3.8) is 0 Å². The Bertz CT molecular complexity index is 1570. The van der Waals surface area contributed by atoms with Crippen LogP contribution in [0, 0.1) is 6.92 Å². The third-order valence-electron chi connectivity index (χ3n) is 5.43. The van der Waals surface area contributed by atoms with E-state index in [1.54, 1.807) is 35.8 Å². The lowest BCUT2D eigenvalue weighted by atomic mass is 10.2. The summed E-state index contributed by atoms with van der Waals surface area (Å²) in [4.78, 5) is 27.4. The van der Waals surface area contributed by atoms with Crippen LogP contribution < -0.4 is 5.56 Å². The standard InChI is InChI=1S/C23H18F3N5O/c1-3-11-30-13(2)27-20-18(22(30)32)19-21(29-17-10-5-4-9-16(17)28-19)31(20)15-8-6-7-14(12-15)23(24,25)26/h4-10,12H,3,11H2,1-2H3. The Labute approximate surface area is 180 Å². The van der Waals surface area contributed by atoms with E-state index in [1.807, 2.05) is 13.0 Å². The molecular weight excluding hydrogens is 419 g/mol. The number of aromatic nitrogens is 5. The third kappa shape index (κ3) is 3.04. The van der Waals surface area contributed by atoms with Gasteiger partial charge in [-0.3, -0.25) is 13.9 Å². The Morgan fingerprint density at radius 3 is 2.34 bits per heavy atom. The number of aryl methyl sites for hydroxylation is 1. The second-order valence-electron chi connectivity index (χ2n) is 7.58. The van der Waals surface area contributed by atoms with Crippen molar-refractivity contribution in [1.29, 1.82) is 0 Å². The van der Waals surface area contributed by atoms with Gasteiger partial charge >= 0.3 is 6.18 Å². The summed E-state index contributed by atoms with van der Waals surface area (Å²) in [5.41, 5.74) is 1.14. The molecule has 6 nitrogen and oxygen atoms in total. The van der Waals surface area contributed by atoms with E-state index in [0.717, 1.165) is 18.6 Å². The molecule has 0 atom stereocenters. The molecule has 0 saturated heterocycles. The van der Waals surface area contributed by atoms with Crippen LogP contribution in [-0.4, -0.2) is 24.1 Å². The first-order valence-corrected chi connectivity index (χ1v) is 10.2. The molecule has 162 valence electrons. The topological polar surface area (TPSA) is 65.6 Å². The molecule has 0 N–H and O–H groups in total. The number of nitrogens with zero attached hydrogens (tertiary/aromatic N) is 5. The van der Waals surface area contributed by atoms with Gasteiger partial charge in [0.1, 0.15) is 16.7 Å². The molecule has 32 heavy (non-hydrogen) atoms. The fourth-order valence-corrected chi connectivity index (χ4v) is 3.98. The Hall–Kier alpha value is -3.75. The molecule has 0 saturated carbocycles. The second-order valence-corrected chi connectivity index (χ2v) is 7.58. The SMILES string of the molecule is CCCn1c(C)nc2c(c1=O)c1nc3ccccc3nc1n2-c1cccc(C(F)(F)F)c1. The van der Waals surface area contributed by atoms with Crippen molar-refractivity contribution in [3.05, 3.63) is 70.3 Å². The first kappa shape index (κ1) is 20.2. The fourth-order valence-electron chi connectivity index (χ4n) is 3.98. The van der Waals surface area contributed by atoms with Gasteiger partial charge in [0, 0.05) is 12.2 Å². The van der Waals surface area contributed by atoms with Crippen LogP contribution >= 0.6 is 0 Å². The van der Waals surface area contributed by atoms with Crippen LogP contribution in [0.4, 0.5) is 13.2 Å². The van der Waals surface area contributed by atoms with Crippen molar-refractivity contribution < 1.29 is 13.2 Å². The lowest BCUT2D eigenvalue weighted by molar-refractivity contribution is -0.137. The molecule has 0 aliphatic heterocycles. The Kier molecular flexibility index (Phi) is 4.51. The Morgan fingerprint density at radius 2 is 1.66 bits per heavy atom. The minimum atomic E-state index is -4.51. The molecule has 9 heteroatoms. The normalized spacial score (nSPS) is 12.3. The van der Waals surface area contributed by atoms with Gasteiger partial charge in [0.15, 0.2) is 11.3 Å². The molecule has 0 fully saturated rings. The van der Waals surface area contributed by atoms with E-state index >= 15 is 0 Å². The smallest absolute Gasteiger partial charge is 0.296 e. The average Bonchev–Trinajstić information content (AvgIpc) is 3.07. The molecule has 0 bridgehead atoms. The van der Waals surface area contributed by atoms with Gasteiger partial charge in [-0.2, -0.15) is 13.2 Å². The molecule has 5 aromatic rings. The van der Waals surface area contributed by atoms with Gasteiger partial charge in [-0.05, 0) is 43.7 Å². The van der Waals surface area contributed by atoms with Gasteiger partial charge in [0.05, 0.1) is 16.6 Å². The highest BCUT2D eigenvalue weighted by atomic mass is 19.4. The summed E-state index contributed by atoms with van der Waals surface area (Å²) in [5.74, 6) is 0.477. The van der Waals surface area contributed by atoms with Crippen LogP contribution in [0.3, 0.4) is 0 Å².